The summed E-state index contributed by atoms with van der Waals surface area (Å²) in [7, 11) is 1.32. The molecule has 1 aromatic heterocycles. The van der Waals surface area contributed by atoms with Gasteiger partial charge in [-0.1, -0.05) is 46.8 Å². The van der Waals surface area contributed by atoms with Crippen molar-refractivity contribution in [2.24, 2.45) is 5.41 Å². The van der Waals surface area contributed by atoms with Crippen molar-refractivity contribution in [3.63, 3.8) is 0 Å². The highest BCUT2D eigenvalue weighted by Crippen LogP contribution is 2.44. The number of ether oxygens (including phenoxy) is 1. The number of thiophene rings is 1. The predicted molar refractivity (Wildman–Crippen MR) is 139 cm³/mol. The highest BCUT2D eigenvalue weighted by Gasteiger charge is 2.34. The van der Waals surface area contributed by atoms with Crippen molar-refractivity contribution in [1.82, 2.24) is 0 Å². The van der Waals surface area contributed by atoms with E-state index in [4.69, 9.17) is 0 Å². The molecule has 0 aliphatic heterocycles. The van der Waals surface area contributed by atoms with Crippen LogP contribution in [0.2, 0.25) is 0 Å². The van der Waals surface area contributed by atoms with E-state index in [1.54, 1.807) is 0 Å². The molecule has 0 saturated carbocycles. The van der Waals surface area contributed by atoms with Crippen LogP contribution in [0.3, 0.4) is 0 Å². The Labute approximate surface area is 208 Å². The van der Waals surface area contributed by atoms with Crippen LogP contribution in [0.25, 0.3) is 0 Å². The highest BCUT2D eigenvalue weighted by atomic mass is 32.1. The number of methoxy groups -OCH3 is 1. The van der Waals surface area contributed by atoms with Gasteiger partial charge in [0.25, 0.3) is 0 Å². The van der Waals surface area contributed by atoms with Gasteiger partial charge in [0.2, 0.25) is 0 Å². The minimum absolute atomic E-state index is 0.0223. The van der Waals surface area contributed by atoms with Crippen molar-refractivity contribution in [2.75, 3.05) is 13.7 Å². The summed E-state index contributed by atoms with van der Waals surface area (Å²) in [6.07, 6.45) is 3.21. The number of carbonyl (C=O) groups excluding carboxylic acids is 2. The van der Waals surface area contributed by atoms with Gasteiger partial charge in [0.15, 0.2) is 6.54 Å². The molecule has 1 aromatic carbocycles. The molecule has 1 atom stereocenters. The average molecular weight is 489 g/mol. The monoisotopic (exact) mass is 488 g/mol. The van der Waals surface area contributed by atoms with Crippen LogP contribution in [0.15, 0.2) is 24.3 Å². The van der Waals surface area contributed by atoms with E-state index in [0.717, 1.165) is 31.2 Å². The van der Waals surface area contributed by atoms with Crippen molar-refractivity contribution < 1.29 is 24.7 Å². The van der Waals surface area contributed by atoms with Crippen molar-refractivity contribution in [1.29, 1.82) is 0 Å². The number of aliphatic hydroxyl groups excluding tert-OH is 1. The molecule has 0 fully saturated rings. The van der Waals surface area contributed by atoms with Gasteiger partial charge in [0.1, 0.15) is 0 Å². The summed E-state index contributed by atoms with van der Waals surface area (Å²) in [6.45, 7) is 14.8. The first-order chi connectivity index (χ1) is 15.9. The second-order valence-electron chi connectivity index (χ2n) is 10.3. The number of aliphatic hydroxyl groups is 1. The van der Waals surface area contributed by atoms with Crippen LogP contribution in [0, 0.1) is 19.3 Å². The van der Waals surface area contributed by atoms with E-state index in [-0.39, 0.29) is 29.4 Å². The Kier molecular flexibility index (Phi) is 9.63. The molecule has 0 spiro atoms. The van der Waals surface area contributed by atoms with Crippen molar-refractivity contribution >= 4 is 23.2 Å². The van der Waals surface area contributed by atoms with E-state index in [1.165, 1.54) is 33.3 Å². The molecule has 1 heterocycles. The van der Waals surface area contributed by atoms with Crippen LogP contribution in [-0.2, 0) is 21.4 Å². The van der Waals surface area contributed by atoms with Crippen LogP contribution in [-0.4, -0.2) is 36.7 Å². The molecule has 0 aliphatic rings. The van der Waals surface area contributed by atoms with Gasteiger partial charge in [-0.2, -0.15) is 0 Å². The van der Waals surface area contributed by atoms with Gasteiger partial charge in [-0.3, -0.25) is 5.32 Å². The van der Waals surface area contributed by atoms with E-state index in [9.17, 15) is 14.7 Å². The van der Waals surface area contributed by atoms with Gasteiger partial charge in [-0.25, -0.2) is 9.59 Å². The molecule has 34 heavy (non-hydrogen) atoms. The van der Waals surface area contributed by atoms with Crippen LogP contribution < -0.4 is 5.32 Å². The summed E-state index contributed by atoms with van der Waals surface area (Å²) in [6, 6.07) is 8.40. The van der Waals surface area contributed by atoms with Crippen molar-refractivity contribution in [2.45, 2.75) is 85.7 Å². The summed E-state index contributed by atoms with van der Waals surface area (Å²) in [5.41, 5.74) is 3.79. The molecule has 1 amide bonds. The number of quaternary nitrogens is 1. The molecule has 2 rings (SSSR count). The molecular weight excluding hydrogens is 446 g/mol. The maximum atomic E-state index is 12.6. The standard InChI is InChI=1S/C28H41NO4S/c1-9-28(10-2,24-16-19(4)22(34-24)13-14-23(30)27(5,6)7)20-11-12-21(18(3)15-20)26(32)29-17-25(31)33-8/h11-12,15-16,23,30H,9-10,13-14,17H2,1-8H3,(H,29,32)/p+1. The van der Waals surface area contributed by atoms with Gasteiger partial charge < -0.3 is 9.84 Å². The number of carbonyl (C=O) groups is 2. The van der Waals surface area contributed by atoms with Gasteiger partial charge in [-0.05, 0) is 73.8 Å². The van der Waals surface area contributed by atoms with Gasteiger partial charge in [0.05, 0.1) is 18.8 Å². The molecular formula is C28H42NO4S+. The number of rotatable bonds is 10. The summed E-state index contributed by atoms with van der Waals surface area (Å²) >= 11 is 1.86. The second-order valence-corrected chi connectivity index (χ2v) is 11.4. The topological polar surface area (TPSA) is 80.2 Å². The molecule has 0 bridgehead atoms. The number of esters is 1. The lowest BCUT2D eigenvalue weighted by atomic mass is 9.73. The maximum Gasteiger partial charge on any atom is 0.361 e. The molecule has 5 nitrogen and oxygen atoms in total. The number of amides is 1. The van der Waals surface area contributed by atoms with E-state index < -0.39 is 5.97 Å². The van der Waals surface area contributed by atoms with E-state index in [1.807, 2.05) is 24.3 Å². The summed E-state index contributed by atoms with van der Waals surface area (Å²) < 4.78 is 4.63. The van der Waals surface area contributed by atoms with E-state index in [2.05, 4.69) is 64.5 Å². The van der Waals surface area contributed by atoms with E-state index >= 15 is 0 Å². The lowest BCUT2D eigenvalue weighted by Crippen LogP contribution is -2.89. The Morgan fingerprint density at radius 2 is 1.74 bits per heavy atom. The fraction of sp³-hybridized carbons (Fsp3) is 0.571. The molecule has 2 aromatic rings. The lowest BCUT2D eigenvalue weighted by molar-refractivity contribution is -0.545. The highest BCUT2D eigenvalue weighted by molar-refractivity contribution is 7.12. The van der Waals surface area contributed by atoms with E-state index in [0.29, 0.717) is 5.56 Å². The van der Waals surface area contributed by atoms with Crippen LogP contribution >= 0.6 is 11.3 Å². The van der Waals surface area contributed by atoms with Gasteiger partial charge >= 0.3 is 11.9 Å². The first-order valence-corrected chi connectivity index (χ1v) is 13.0. The summed E-state index contributed by atoms with van der Waals surface area (Å²) in [5.74, 6) is -0.572. The molecule has 3 N–H and O–H groups in total. The maximum absolute atomic E-state index is 12.6. The quantitative estimate of drug-likeness (QED) is 0.476. The third-order valence-corrected chi connectivity index (χ3v) is 8.57. The molecule has 0 aliphatic carbocycles. The fourth-order valence-corrected chi connectivity index (χ4v) is 6.00. The fourth-order valence-electron chi connectivity index (χ4n) is 4.46. The summed E-state index contributed by atoms with van der Waals surface area (Å²) in [5, 5.41) is 11.9. The summed E-state index contributed by atoms with van der Waals surface area (Å²) in [4.78, 5) is 26.7. The Morgan fingerprint density at radius 3 is 2.26 bits per heavy atom. The van der Waals surface area contributed by atoms with Crippen molar-refractivity contribution in [3.8, 4) is 0 Å². The zero-order valence-electron chi connectivity index (χ0n) is 22.1. The van der Waals surface area contributed by atoms with Gasteiger partial charge in [0, 0.05) is 15.2 Å². The number of nitrogens with two attached hydrogens (primary N) is 1. The van der Waals surface area contributed by atoms with Crippen LogP contribution in [0.1, 0.15) is 90.7 Å². The zero-order chi connectivity index (χ0) is 25.7. The SMILES string of the molecule is CCC(CC)(c1ccc(C(=O)[NH2+]CC(=O)OC)c(C)c1)c1cc(C)c(CCC(O)C(C)(C)C)s1. The predicted octanol–water partition coefficient (Wildman–Crippen LogP) is 4.69. The molecule has 0 saturated heterocycles. The molecule has 1 unspecified atom stereocenters. The van der Waals surface area contributed by atoms with Crippen LogP contribution in [0.4, 0.5) is 0 Å². The molecule has 6 heteroatoms. The smallest absolute Gasteiger partial charge is 0.361 e. The van der Waals surface area contributed by atoms with Crippen molar-refractivity contribution in [3.05, 3.63) is 56.3 Å². The normalized spacial score (nSPS) is 13.1. The second kappa shape index (κ2) is 11.6. The Balaban J connectivity index is 2.33. The largest absolute Gasteiger partial charge is 0.465 e. The number of hydrogen-bond donors (Lipinski definition) is 2. The average Bonchev–Trinajstić information content (AvgIpc) is 3.16. The van der Waals surface area contributed by atoms with Crippen LogP contribution in [0.5, 0.6) is 0 Å². The minimum atomic E-state index is -0.419. The minimum Gasteiger partial charge on any atom is -0.465 e. The first kappa shape index (κ1) is 28.2. The third-order valence-electron chi connectivity index (χ3n) is 7.07. The Bertz CT molecular complexity index is 998. The number of primary amides is 1. The Hall–Kier alpha value is -2.02. The number of benzene rings is 1. The Morgan fingerprint density at radius 1 is 1.09 bits per heavy atom. The number of hydrogen-bond acceptors (Lipinski definition) is 5. The lowest BCUT2D eigenvalue weighted by Gasteiger charge is -2.32. The zero-order valence-corrected chi connectivity index (χ0v) is 22.9. The van der Waals surface area contributed by atoms with Gasteiger partial charge in [-0.15, -0.1) is 11.3 Å². The first-order valence-electron chi connectivity index (χ1n) is 12.2. The number of aryl methyl sites for hydroxylation is 3. The molecule has 188 valence electrons. The molecule has 0 radical (unpaired) electrons. The third kappa shape index (κ3) is 6.35.